The molecule has 4 atom stereocenters. The first-order valence-corrected chi connectivity index (χ1v) is 12.1. The number of aromatic nitrogens is 4. The van der Waals surface area contributed by atoms with Crippen molar-refractivity contribution in [2.45, 2.75) is 77.0 Å². The van der Waals surface area contributed by atoms with Gasteiger partial charge in [0, 0.05) is 11.3 Å². The highest BCUT2D eigenvalue weighted by atomic mass is 31.1. The van der Waals surface area contributed by atoms with Gasteiger partial charge in [-0.15, -0.1) is 4.52 Å². The molecule has 13 nitrogen and oxygen atoms in total. The summed E-state index contributed by atoms with van der Waals surface area (Å²) in [4.78, 5) is 14.9. The molecule has 33 heavy (non-hydrogen) atoms. The number of hydrogen-bond acceptors (Lipinski definition) is 10. The lowest BCUT2D eigenvalue weighted by atomic mass is 10.0. The van der Waals surface area contributed by atoms with E-state index in [1.807, 2.05) is 27.7 Å². The standard InChI is InChI=1S/C19H32N8O5P/c1-5-12(6-2)33(30)32-19(4,7-3)8-9-31-17(13(29)10-28)27-16-14(15(20)22-11-23-16)24-18(27)25-26-21/h11-13,17,28-29H,5-10H2,1-4H3,(H2,20,22,23)/q+1/t13-,17?,19?/m1/s1. The monoisotopic (exact) mass is 483 g/mol. The van der Waals surface area contributed by atoms with Crippen LogP contribution in [0, 0.1) is 0 Å². The first kappa shape index (κ1) is 26.8. The van der Waals surface area contributed by atoms with Gasteiger partial charge in [0.15, 0.2) is 28.9 Å². The zero-order chi connectivity index (χ0) is 24.6. The predicted molar refractivity (Wildman–Crippen MR) is 123 cm³/mol. The summed E-state index contributed by atoms with van der Waals surface area (Å²) in [5.41, 5.74) is 14.4. The Kier molecular flexibility index (Phi) is 9.90. The molecule has 0 amide bonds. The van der Waals surface area contributed by atoms with Crippen LogP contribution in [-0.4, -0.2) is 60.3 Å². The molecule has 2 aromatic heterocycles. The quantitative estimate of drug-likeness (QED) is 0.155. The molecule has 2 aromatic rings. The first-order chi connectivity index (χ1) is 15.7. The Balaban J connectivity index is 2.29. The van der Waals surface area contributed by atoms with E-state index in [1.54, 1.807) is 0 Å². The lowest BCUT2D eigenvalue weighted by molar-refractivity contribution is -0.105. The van der Waals surface area contributed by atoms with Crippen LogP contribution >= 0.6 is 8.03 Å². The van der Waals surface area contributed by atoms with Gasteiger partial charge in [-0.2, -0.15) is 0 Å². The van der Waals surface area contributed by atoms with Crippen molar-refractivity contribution in [2.75, 3.05) is 18.9 Å². The molecule has 0 aromatic carbocycles. The Morgan fingerprint density at radius 1 is 1.36 bits per heavy atom. The van der Waals surface area contributed by atoms with E-state index in [1.165, 1.54) is 10.9 Å². The second kappa shape index (κ2) is 12.2. The van der Waals surface area contributed by atoms with Crippen molar-refractivity contribution < 1.29 is 24.0 Å². The van der Waals surface area contributed by atoms with Crippen LogP contribution in [0.2, 0.25) is 0 Å². The van der Waals surface area contributed by atoms with Crippen LogP contribution in [-0.2, 0) is 13.8 Å². The minimum atomic E-state index is -1.86. The smallest absolute Gasteiger partial charge is 0.394 e. The third-order valence-corrected chi connectivity index (χ3v) is 7.56. The molecule has 0 aliphatic rings. The summed E-state index contributed by atoms with van der Waals surface area (Å²) in [7, 11) is -1.86. The number of nitrogens with zero attached hydrogens (tertiary/aromatic N) is 7. The third-order valence-electron chi connectivity index (χ3n) is 5.61. The zero-order valence-electron chi connectivity index (χ0n) is 19.3. The molecule has 2 rings (SSSR count). The van der Waals surface area contributed by atoms with E-state index >= 15 is 0 Å². The van der Waals surface area contributed by atoms with Crippen LogP contribution in [0.3, 0.4) is 0 Å². The number of nitrogens with two attached hydrogens (primary N) is 1. The number of azide groups is 1. The fourth-order valence-electron chi connectivity index (χ4n) is 3.27. The van der Waals surface area contributed by atoms with Crippen LogP contribution < -0.4 is 5.73 Å². The summed E-state index contributed by atoms with van der Waals surface area (Å²) >= 11 is 0. The molecule has 2 heterocycles. The highest BCUT2D eigenvalue weighted by molar-refractivity contribution is 7.40. The van der Waals surface area contributed by atoms with Crippen molar-refractivity contribution in [3.63, 3.8) is 0 Å². The van der Waals surface area contributed by atoms with E-state index in [0.717, 1.165) is 12.8 Å². The van der Waals surface area contributed by atoms with E-state index in [2.05, 4.69) is 25.0 Å². The van der Waals surface area contributed by atoms with Crippen LogP contribution in [0.25, 0.3) is 21.6 Å². The summed E-state index contributed by atoms with van der Waals surface area (Å²) in [5.74, 6) is -0.0916. The Morgan fingerprint density at radius 3 is 2.64 bits per heavy atom. The van der Waals surface area contributed by atoms with Gasteiger partial charge in [-0.25, -0.2) is 15.0 Å². The van der Waals surface area contributed by atoms with Gasteiger partial charge in [0.05, 0.1) is 13.2 Å². The molecule has 14 heteroatoms. The van der Waals surface area contributed by atoms with E-state index in [-0.39, 0.29) is 35.2 Å². The molecule has 0 spiro atoms. The van der Waals surface area contributed by atoms with Gasteiger partial charge in [0.2, 0.25) is 5.95 Å². The molecule has 0 aliphatic heterocycles. The Bertz CT molecular complexity index is 994. The van der Waals surface area contributed by atoms with Gasteiger partial charge in [0.25, 0.3) is 0 Å². The average Bonchev–Trinajstić information content (AvgIpc) is 3.16. The lowest BCUT2D eigenvalue weighted by Crippen LogP contribution is -2.33. The van der Waals surface area contributed by atoms with Gasteiger partial charge in [0.1, 0.15) is 18.0 Å². The van der Waals surface area contributed by atoms with Crippen LogP contribution in [0.1, 0.15) is 59.6 Å². The largest absolute Gasteiger partial charge is 0.511 e. The predicted octanol–water partition coefficient (Wildman–Crippen LogP) is 3.73. The Morgan fingerprint density at radius 2 is 2.06 bits per heavy atom. The third kappa shape index (κ3) is 6.35. The van der Waals surface area contributed by atoms with Crippen LogP contribution in [0.4, 0.5) is 11.8 Å². The average molecular weight is 483 g/mol. The number of hydrogen-bond donors (Lipinski definition) is 3. The Labute approximate surface area is 192 Å². The zero-order valence-corrected chi connectivity index (χ0v) is 20.2. The summed E-state index contributed by atoms with van der Waals surface area (Å²) in [5, 5.41) is 23.6. The van der Waals surface area contributed by atoms with E-state index in [9.17, 15) is 14.8 Å². The number of nitrogen functional groups attached to an aromatic ring is 1. The number of aliphatic hydroxyl groups is 2. The van der Waals surface area contributed by atoms with E-state index in [4.69, 9.17) is 20.5 Å². The molecule has 0 fully saturated rings. The summed E-state index contributed by atoms with van der Waals surface area (Å²) in [6.07, 6.45) is 1.09. The van der Waals surface area contributed by atoms with E-state index in [0.29, 0.717) is 12.8 Å². The molecular formula is C19H32N8O5P+. The van der Waals surface area contributed by atoms with E-state index < -0.39 is 32.6 Å². The van der Waals surface area contributed by atoms with Gasteiger partial charge < -0.3 is 20.7 Å². The Hall–Kier alpha value is -2.40. The number of fused-ring (bicyclic) bond motifs is 1. The summed E-state index contributed by atoms with van der Waals surface area (Å²) in [6.45, 7) is 7.18. The number of imidazole rings is 1. The topological polar surface area (TPSA) is 194 Å². The lowest BCUT2D eigenvalue weighted by Gasteiger charge is -2.27. The highest BCUT2D eigenvalue weighted by Crippen LogP contribution is 2.41. The molecule has 0 saturated carbocycles. The fraction of sp³-hybridized carbons (Fsp3) is 0.737. The summed E-state index contributed by atoms with van der Waals surface area (Å²) < 4.78 is 25.8. The minimum absolute atomic E-state index is 0.0235. The van der Waals surface area contributed by atoms with Gasteiger partial charge in [-0.3, -0.25) is 4.57 Å². The molecule has 0 aliphatic carbocycles. The number of rotatable bonds is 14. The van der Waals surface area contributed by atoms with Gasteiger partial charge in [-0.05, 0) is 41.4 Å². The second-order valence-corrected chi connectivity index (χ2v) is 9.30. The van der Waals surface area contributed by atoms with Crippen molar-refractivity contribution in [1.29, 1.82) is 0 Å². The van der Waals surface area contributed by atoms with Crippen molar-refractivity contribution in [3.05, 3.63) is 16.8 Å². The number of aliphatic hydroxyl groups excluding tert-OH is 2. The number of ether oxygens (including phenoxy) is 1. The van der Waals surface area contributed by atoms with Crippen molar-refractivity contribution >= 4 is 31.0 Å². The maximum Gasteiger partial charge on any atom is 0.511 e. The molecular weight excluding hydrogens is 451 g/mol. The second-order valence-electron chi connectivity index (χ2n) is 7.81. The van der Waals surface area contributed by atoms with Crippen molar-refractivity contribution in [1.82, 2.24) is 19.5 Å². The molecule has 0 radical (unpaired) electrons. The maximum absolute atomic E-state index is 12.6. The SMILES string of the molecule is CCC(CC)[P+](=O)OC(C)(CC)CCOC([C@H](O)CO)n1c(N=[N+]=[N-])nc2c(N)ncnc21. The highest BCUT2D eigenvalue weighted by Gasteiger charge is 2.39. The maximum atomic E-state index is 12.6. The molecule has 182 valence electrons. The molecule has 0 saturated heterocycles. The molecule has 4 N–H and O–H groups in total. The van der Waals surface area contributed by atoms with Gasteiger partial charge >= 0.3 is 8.03 Å². The minimum Gasteiger partial charge on any atom is -0.394 e. The number of anilines is 1. The van der Waals surface area contributed by atoms with Gasteiger partial charge in [-0.1, -0.05) is 20.8 Å². The van der Waals surface area contributed by atoms with Crippen LogP contribution in [0.15, 0.2) is 11.4 Å². The van der Waals surface area contributed by atoms with Crippen LogP contribution in [0.5, 0.6) is 0 Å². The van der Waals surface area contributed by atoms with Crippen molar-refractivity contribution in [3.8, 4) is 0 Å². The fourth-order valence-corrected chi connectivity index (χ4v) is 4.67. The summed E-state index contributed by atoms with van der Waals surface area (Å²) in [6, 6.07) is 0. The molecule has 0 bridgehead atoms. The normalized spacial score (nSPS) is 15.8. The first-order valence-electron chi connectivity index (χ1n) is 10.8. The molecule has 3 unspecified atom stereocenters. The van der Waals surface area contributed by atoms with Crippen molar-refractivity contribution in [2.24, 2.45) is 5.11 Å².